The van der Waals surface area contributed by atoms with E-state index in [0.29, 0.717) is 23.4 Å². The number of carbonyl (C=O) groups is 3. The first-order valence-corrected chi connectivity index (χ1v) is 13.9. The molecule has 0 heterocycles. The van der Waals surface area contributed by atoms with Gasteiger partial charge in [0.05, 0.1) is 6.07 Å². The van der Waals surface area contributed by atoms with Crippen molar-refractivity contribution < 1.29 is 19.1 Å². The molecular formula is C29H38N4O4S. The Bertz CT molecular complexity index is 1170. The molecule has 0 saturated carbocycles. The highest BCUT2D eigenvalue weighted by atomic mass is 32.2. The molecule has 0 radical (unpaired) electrons. The van der Waals surface area contributed by atoms with E-state index in [9.17, 15) is 19.6 Å². The second-order valence-electron chi connectivity index (χ2n) is 10.2. The number of hydrogen-bond acceptors (Lipinski definition) is 6. The number of hydrogen-bond donors (Lipinski definition) is 2. The number of amides is 3. The molecule has 2 unspecified atom stereocenters. The molecule has 0 aliphatic rings. The fraction of sp³-hybridized carbons (Fsp3) is 0.448. The van der Waals surface area contributed by atoms with Crippen molar-refractivity contribution in [2.45, 2.75) is 65.6 Å². The third-order valence-electron chi connectivity index (χ3n) is 5.77. The van der Waals surface area contributed by atoms with Crippen LogP contribution in [0.3, 0.4) is 0 Å². The van der Waals surface area contributed by atoms with E-state index >= 15 is 0 Å². The first-order chi connectivity index (χ1) is 17.9. The molecule has 2 aromatic rings. The van der Waals surface area contributed by atoms with Crippen LogP contribution in [0, 0.1) is 32.1 Å². The van der Waals surface area contributed by atoms with Crippen molar-refractivity contribution in [3.8, 4) is 6.07 Å². The Hall–Kier alpha value is -3.51. The topological polar surface area (TPSA) is 112 Å². The van der Waals surface area contributed by atoms with Crippen LogP contribution in [0.2, 0.25) is 0 Å². The minimum atomic E-state index is -1.10. The van der Waals surface area contributed by atoms with Crippen LogP contribution in [0.1, 0.15) is 55.5 Å². The number of carbonyl (C=O) groups excluding carboxylic acids is 3. The van der Waals surface area contributed by atoms with E-state index in [-0.39, 0.29) is 6.54 Å². The Morgan fingerprint density at radius 3 is 2.26 bits per heavy atom. The van der Waals surface area contributed by atoms with Gasteiger partial charge < -0.3 is 20.3 Å². The largest absolute Gasteiger partial charge is 0.444 e. The SMILES string of the molecule is CSCCC(NC(=O)OC(C)(C)C)C(=O)N(CC#N)C(C(=O)Nc1c(C)cccc1C)c1cccc(C)c1. The number of para-hydroxylation sites is 1. The lowest BCUT2D eigenvalue weighted by Gasteiger charge is -2.33. The van der Waals surface area contributed by atoms with Gasteiger partial charge >= 0.3 is 6.09 Å². The predicted octanol–water partition coefficient (Wildman–Crippen LogP) is 5.29. The summed E-state index contributed by atoms with van der Waals surface area (Å²) in [6, 6.07) is 12.9. The maximum Gasteiger partial charge on any atom is 0.408 e. The zero-order valence-corrected chi connectivity index (χ0v) is 24.1. The van der Waals surface area contributed by atoms with Crippen molar-refractivity contribution in [3.63, 3.8) is 0 Å². The van der Waals surface area contributed by atoms with Gasteiger partial charge in [-0.05, 0) is 76.7 Å². The normalized spacial score (nSPS) is 12.6. The first kappa shape index (κ1) is 30.7. The maximum atomic E-state index is 13.9. The molecule has 38 heavy (non-hydrogen) atoms. The summed E-state index contributed by atoms with van der Waals surface area (Å²) < 4.78 is 5.38. The number of nitriles is 1. The van der Waals surface area contributed by atoms with Gasteiger partial charge in [0.25, 0.3) is 5.91 Å². The van der Waals surface area contributed by atoms with Crippen LogP contribution in [0.5, 0.6) is 0 Å². The van der Waals surface area contributed by atoms with Crippen LogP contribution in [-0.2, 0) is 14.3 Å². The molecule has 2 atom stereocenters. The van der Waals surface area contributed by atoms with Gasteiger partial charge in [0.15, 0.2) is 0 Å². The lowest BCUT2D eigenvalue weighted by molar-refractivity contribution is -0.140. The minimum absolute atomic E-state index is 0.306. The number of nitrogens with one attached hydrogen (secondary N) is 2. The average Bonchev–Trinajstić information content (AvgIpc) is 2.82. The Balaban J connectivity index is 2.53. The van der Waals surface area contributed by atoms with Crippen LogP contribution in [0.25, 0.3) is 0 Å². The molecule has 0 aromatic heterocycles. The molecule has 3 amide bonds. The van der Waals surface area contributed by atoms with Crippen molar-refractivity contribution in [1.82, 2.24) is 10.2 Å². The highest BCUT2D eigenvalue weighted by molar-refractivity contribution is 7.98. The number of thioether (sulfide) groups is 1. The monoisotopic (exact) mass is 538 g/mol. The van der Waals surface area contributed by atoms with Crippen molar-refractivity contribution in [2.24, 2.45) is 0 Å². The minimum Gasteiger partial charge on any atom is -0.444 e. The van der Waals surface area contributed by atoms with Crippen LogP contribution in [-0.4, -0.2) is 53.0 Å². The van der Waals surface area contributed by atoms with E-state index in [4.69, 9.17) is 4.74 Å². The number of alkyl carbamates (subject to hydrolysis) is 1. The van der Waals surface area contributed by atoms with E-state index in [1.807, 2.05) is 69.5 Å². The summed E-state index contributed by atoms with van der Waals surface area (Å²) in [5.74, 6) is -0.400. The molecular weight excluding hydrogens is 500 g/mol. The highest BCUT2D eigenvalue weighted by Crippen LogP contribution is 2.27. The van der Waals surface area contributed by atoms with E-state index in [1.54, 1.807) is 26.8 Å². The molecule has 9 heteroatoms. The molecule has 204 valence electrons. The Labute approximate surface area is 230 Å². The van der Waals surface area contributed by atoms with Gasteiger partial charge in [-0.1, -0.05) is 48.0 Å². The molecule has 2 rings (SSSR count). The number of nitrogens with zero attached hydrogens (tertiary/aromatic N) is 2. The fourth-order valence-corrected chi connectivity index (χ4v) is 4.50. The van der Waals surface area contributed by atoms with Crippen molar-refractivity contribution in [1.29, 1.82) is 5.26 Å². The van der Waals surface area contributed by atoms with E-state index in [2.05, 4.69) is 10.6 Å². The summed E-state index contributed by atoms with van der Waals surface area (Å²) in [5, 5.41) is 15.3. The van der Waals surface area contributed by atoms with Gasteiger partial charge in [-0.2, -0.15) is 17.0 Å². The second-order valence-corrected chi connectivity index (χ2v) is 11.2. The number of rotatable bonds is 10. The lowest BCUT2D eigenvalue weighted by atomic mass is 10.00. The lowest BCUT2D eigenvalue weighted by Crippen LogP contribution is -2.52. The molecule has 0 fully saturated rings. The molecule has 0 saturated heterocycles. The summed E-state index contributed by atoms with van der Waals surface area (Å²) in [6.07, 6.45) is 1.47. The number of benzene rings is 2. The molecule has 0 bridgehead atoms. The van der Waals surface area contributed by atoms with Crippen LogP contribution < -0.4 is 10.6 Å². The molecule has 0 aliphatic carbocycles. The van der Waals surface area contributed by atoms with Gasteiger partial charge in [0.2, 0.25) is 5.91 Å². The van der Waals surface area contributed by atoms with E-state index in [1.165, 1.54) is 16.7 Å². The summed E-state index contributed by atoms with van der Waals surface area (Å²) in [7, 11) is 0. The third kappa shape index (κ3) is 8.80. The smallest absolute Gasteiger partial charge is 0.408 e. The highest BCUT2D eigenvalue weighted by Gasteiger charge is 2.36. The van der Waals surface area contributed by atoms with Gasteiger partial charge in [-0.25, -0.2) is 4.79 Å². The molecule has 2 N–H and O–H groups in total. The van der Waals surface area contributed by atoms with Crippen LogP contribution in [0.15, 0.2) is 42.5 Å². The summed E-state index contributed by atoms with van der Waals surface area (Å²) in [6.45, 7) is 10.5. The van der Waals surface area contributed by atoms with E-state index in [0.717, 1.165) is 16.7 Å². The fourth-order valence-electron chi connectivity index (χ4n) is 4.03. The van der Waals surface area contributed by atoms with Gasteiger partial charge in [0, 0.05) is 5.69 Å². The predicted molar refractivity (Wildman–Crippen MR) is 152 cm³/mol. The zero-order chi connectivity index (χ0) is 28.5. The van der Waals surface area contributed by atoms with Crippen LogP contribution in [0.4, 0.5) is 10.5 Å². The van der Waals surface area contributed by atoms with E-state index < -0.39 is 35.6 Å². The zero-order valence-electron chi connectivity index (χ0n) is 23.3. The standard InChI is InChI=1S/C29H38N4O4S/c1-19-10-8-13-22(18-19)25(26(34)32-24-20(2)11-9-12-21(24)3)33(16-15-30)27(35)23(14-17-38-7)31-28(36)37-29(4,5)6/h8-13,18,23,25H,14,16-17H2,1-7H3,(H,31,36)(H,32,34). The van der Waals surface area contributed by atoms with Gasteiger partial charge in [-0.3, -0.25) is 9.59 Å². The molecule has 0 spiro atoms. The maximum absolute atomic E-state index is 13.9. The third-order valence-corrected chi connectivity index (χ3v) is 6.42. The Morgan fingerprint density at radius 1 is 1.08 bits per heavy atom. The second kappa shape index (κ2) is 13.9. The Kier molecular flexibility index (Phi) is 11.2. The van der Waals surface area contributed by atoms with Crippen molar-refractivity contribution in [3.05, 3.63) is 64.7 Å². The summed E-state index contributed by atoms with van der Waals surface area (Å²) >= 11 is 1.52. The first-order valence-electron chi connectivity index (χ1n) is 12.5. The molecule has 0 aliphatic heterocycles. The van der Waals surface area contributed by atoms with Gasteiger partial charge in [-0.15, -0.1) is 0 Å². The van der Waals surface area contributed by atoms with Crippen molar-refractivity contribution >= 4 is 35.4 Å². The summed E-state index contributed by atoms with van der Waals surface area (Å²) in [4.78, 5) is 41.6. The van der Waals surface area contributed by atoms with Gasteiger partial charge in [0.1, 0.15) is 24.2 Å². The quantitative estimate of drug-likeness (QED) is 0.398. The van der Waals surface area contributed by atoms with Crippen LogP contribution >= 0.6 is 11.8 Å². The molecule has 8 nitrogen and oxygen atoms in total. The Morgan fingerprint density at radius 2 is 1.71 bits per heavy atom. The summed E-state index contributed by atoms with van der Waals surface area (Å²) in [5.41, 5.74) is 3.14. The number of ether oxygens (including phenoxy) is 1. The number of aryl methyl sites for hydroxylation is 3. The molecule has 2 aromatic carbocycles. The average molecular weight is 539 g/mol. The van der Waals surface area contributed by atoms with Crippen molar-refractivity contribution in [2.75, 3.05) is 23.9 Å². The number of anilines is 1.